The molecule has 0 aliphatic heterocycles. The van der Waals surface area contributed by atoms with Gasteiger partial charge in [0.15, 0.2) is 0 Å². The Morgan fingerprint density at radius 3 is 2.38 bits per heavy atom. The second-order valence-electron chi connectivity index (χ2n) is 13.5. The Bertz CT molecular complexity index is 2260. The Morgan fingerprint density at radius 2 is 1.51 bits per heavy atom. The molecule has 47 heavy (non-hydrogen) atoms. The molecule has 0 amide bonds. The van der Waals surface area contributed by atoms with Gasteiger partial charge in [-0.15, -0.1) is 0 Å². The van der Waals surface area contributed by atoms with Crippen LogP contribution in [-0.2, 0) is 11.8 Å². The van der Waals surface area contributed by atoms with Crippen LogP contribution in [0.25, 0.3) is 33.9 Å². The molecule has 5 aromatic carbocycles. The number of aryl methyl sites for hydroxylation is 1. The minimum Gasteiger partial charge on any atom is -0.311 e. The molecule has 0 N–H and O–H groups in total. The van der Waals surface area contributed by atoms with Gasteiger partial charge in [-0.3, -0.25) is 4.57 Å². The van der Waals surface area contributed by atoms with Crippen LogP contribution < -0.4 is 4.90 Å². The lowest BCUT2D eigenvalue weighted by Gasteiger charge is -2.31. The zero-order chi connectivity index (χ0) is 31.5. The topological polar surface area (TPSA) is 21.1 Å². The number of para-hydroxylation sites is 3. The number of hydrogen-bond acceptors (Lipinski definition) is 2. The number of benzene rings is 5. The summed E-state index contributed by atoms with van der Waals surface area (Å²) in [5, 5.41) is 0. The highest BCUT2D eigenvalue weighted by Crippen LogP contribution is 2.50. The van der Waals surface area contributed by atoms with Crippen LogP contribution >= 0.6 is 0 Å². The molecule has 0 spiro atoms. The molecule has 0 fully saturated rings. The van der Waals surface area contributed by atoms with E-state index in [4.69, 9.17) is 4.98 Å². The summed E-state index contributed by atoms with van der Waals surface area (Å²) in [5.74, 6) is 1.24. The lowest BCUT2D eigenvalue weighted by atomic mass is 9.82. The fourth-order valence-electron chi connectivity index (χ4n) is 7.95. The highest BCUT2D eigenvalue weighted by atomic mass is 15.1. The quantitative estimate of drug-likeness (QED) is 0.194. The van der Waals surface area contributed by atoms with Crippen molar-refractivity contribution >= 4 is 28.5 Å². The van der Waals surface area contributed by atoms with Crippen molar-refractivity contribution in [3.63, 3.8) is 0 Å². The smallest absolute Gasteiger partial charge is 0.121 e. The molecule has 3 heteroatoms. The molecule has 1 heterocycles. The number of imidazole rings is 1. The standard InChI is InChI=1S/C44H37N3/c1-44(2)39-17-9-8-16-37(39)38-27-26-36(29-40(38)44)46(35-25-20-30-12-6-7-13-32(30)28-35)34-23-21-31(22-24-34)43-45-41-18-10-11-19-42(41)47(43)33-14-4-3-5-15-33/h3-6,8-12,14-21,23-29,31H,7,13,22H2,1-2H3. The summed E-state index contributed by atoms with van der Waals surface area (Å²) in [7, 11) is 0. The Balaban J connectivity index is 1.14. The first-order valence-corrected chi connectivity index (χ1v) is 16.8. The molecule has 228 valence electrons. The van der Waals surface area contributed by atoms with Crippen LogP contribution in [0.15, 0.2) is 145 Å². The maximum atomic E-state index is 5.18. The van der Waals surface area contributed by atoms with Crippen LogP contribution in [-0.4, -0.2) is 9.55 Å². The van der Waals surface area contributed by atoms with Gasteiger partial charge in [0, 0.05) is 34.1 Å². The summed E-state index contributed by atoms with van der Waals surface area (Å²) in [6.45, 7) is 4.72. The first-order valence-electron chi connectivity index (χ1n) is 16.8. The molecule has 3 nitrogen and oxygen atoms in total. The van der Waals surface area contributed by atoms with E-state index in [9.17, 15) is 0 Å². The number of fused-ring (bicyclic) bond motifs is 5. The van der Waals surface area contributed by atoms with E-state index in [1.54, 1.807) is 0 Å². The maximum Gasteiger partial charge on any atom is 0.121 e. The minimum absolute atomic E-state index is 0.0628. The second-order valence-corrected chi connectivity index (χ2v) is 13.5. The summed E-state index contributed by atoms with van der Waals surface area (Å²) >= 11 is 0. The van der Waals surface area contributed by atoms with Gasteiger partial charge < -0.3 is 4.90 Å². The van der Waals surface area contributed by atoms with E-state index in [1.807, 2.05) is 0 Å². The zero-order valence-electron chi connectivity index (χ0n) is 26.9. The molecule has 1 unspecified atom stereocenters. The molecular formula is C44H37N3. The fraction of sp³-hybridized carbons (Fsp3) is 0.159. The number of rotatable bonds is 5. The third-order valence-corrected chi connectivity index (χ3v) is 10.4. The van der Waals surface area contributed by atoms with Crippen molar-refractivity contribution in [3.05, 3.63) is 173 Å². The van der Waals surface area contributed by atoms with Gasteiger partial charge in [-0.25, -0.2) is 4.98 Å². The SMILES string of the molecule is CC1(C)c2ccccc2-c2ccc(N(C3=CCC(c4nc5ccccc5n4-c4ccccc4)C=C3)c3ccc4c(c3)CCC=C4)cc21. The second kappa shape index (κ2) is 10.8. The summed E-state index contributed by atoms with van der Waals surface area (Å²) in [4.78, 5) is 7.65. The van der Waals surface area contributed by atoms with Gasteiger partial charge in [0.05, 0.1) is 11.0 Å². The van der Waals surface area contributed by atoms with E-state index >= 15 is 0 Å². The van der Waals surface area contributed by atoms with Crippen molar-refractivity contribution in [2.75, 3.05) is 4.90 Å². The lowest BCUT2D eigenvalue weighted by molar-refractivity contribution is 0.660. The van der Waals surface area contributed by atoms with Crippen molar-refractivity contribution in [1.29, 1.82) is 0 Å². The maximum absolute atomic E-state index is 5.18. The van der Waals surface area contributed by atoms with Crippen molar-refractivity contribution in [1.82, 2.24) is 9.55 Å². The van der Waals surface area contributed by atoms with Crippen LogP contribution in [0, 0.1) is 0 Å². The number of aromatic nitrogens is 2. The van der Waals surface area contributed by atoms with Crippen LogP contribution in [0.3, 0.4) is 0 Å². The lowest BCUT2D eigenvalue weighted by Crippen LogP contribution is -2.20. The molecule has 0 saturated heterocycles. The van der Waals surface area contributed by atoms with Crippen LogP contribution in [0.5, 0.6) is 0 Å². The van der Waals surface area contributed by atoms with E-state index in [2.05, 4.69) is 169 Å². The van der Waals surface area contributed by atoms with Crippen molar-refractivity contribution in [2.45, 2.75) is 44.4 Å². The van der Waals surface area contributed by atoms with Crippen LogP contribution in [0.4, 0.5) is 11.4 Å². The van der Waals surface area contributed by atoms with Gasteiger partial charge in [-0.2, -0.15) is 0 Å². The third kappa shape index (κ3) is 4.52. The molecule has 0 bridgehead atoms. The van der Waals surface area contributed by atoms with Crippen LogP contribution in [0.2, 0.25) is 0 Å². The summed E-state index contributed by atoms with van der Waals surface area (Å²) in [5.41, 5.74) is 15.1. The molecule has 1 aromatic heterocycles. The van der Waals surface area contributed by atoms with Crippen LogP contribution in [0.1, 0.15) is 60.7 Å². The minimum atomic E-state index is -0.0628. The average molecular weight is 608 g/mol. The molecule has 6 aromatic rings. The zero-order valence-corrected chi connectivity index (χ0v) is 26.9. The number of nitrogens with zero attached hydrogens (tertiary/aromatic N) is 3. The van der Waals surface area contributed by atoms with Gasteiger partial charge in [-0.05, 0) is 107 Å². The highest BCUT2D eigenvalue weighted by Gasteiger charge is 2.36. The van der Waals surface area contributed by atoms with E-state index in [0.29, 0.717) is 0 Å². The first-order chi connectivity index (χ1) is 23.1. The van der Waals surface area contributed by atoms with Crippen molar-refractivity contribution < 1.29 is 0 Å². The largest absolute Gasteiger partial charge is 0.311 e. The molecule has 3 aliphatic carbocycles. The highest BCUT2D eigenvalue weighted by molar-refractivity contribution is 5.84. The molecule has 1 atom stereocenters. The fourth-order valence-corrected chi connectivity index (χ4v) is 7.95. The Hall–Kier alpha value is -5.41. The average Bonchev–Trinajstić information content (AvgIpc) is 3.62. The number of anilines is 2. The van der Waals surface area contributed by atoms with Gasteiger partial charge in [0.25, 0.3) is 0 Å². The predicted octanol–water partition coefficient (Wildman–Crippen LogP) is 11.1. The van der Waals surface area contributed by atoms with Gasteiger partial charge in [0.2, 0.25) is 0 Å². The molecule has 9 rings (SSSR count). The Morgan fingerprint density at radius 1 is 0.745 bits per heavy atom. The summed E-state index contributed by atoms with van der Waals surface area (Å²) < 4.78 is 2.33. The monoisotopic (exact) mass is 607 g/mol. The van der Waals surface area contributed by atoms with Gasteiger partial charge in [-0.1, -0.05) is 105 Å². The van der Waals surface area contributed by atoms with Crippen molar-refractivity contribution in [3.8, 4) is 16.8 Å². The Labute approximate surface area is 276 Å². The van der Waals surface area contributed by atoms with Gasteiger partial charge in [0.1, 0.15) is 5.82 Å². The normalized spacial score (nSPS) is 17.2. The Kier molecular flexibility index (Phi) is 6.43. The van der Waals surface area contributed by atoms with E-state index < -0.39 is 0 Å². The first kappa shape index (κ1) is 27.9. The summed E-state index contributed by atoms with van der Waals surface area (Å²) in [6, 6.07) is 42.0. The van der Waals surface area contributed by atoms with Gasteiger partial charge >= 0.3 is 0 Å². The summed E-state index contributed by atoms with van der Waals surface area (Å²) in [6.07, 6.45) is 14.7. The van der Waals surface area contributed by atoms with E-state index in [-0.39, 0.29) is 11.3 Å². The van der Waals surface area contributed by atoms with E-state index in [0.717, 1.165) is 41.8 Å². The van der Waals surface area contributed by atoms with Crippen molar-refractivity contribution in [2.24, 2.45) is 0 Å². The molecular weight excluding hydrogens is 571 g/mol. The molecule has 3 aliphatic rings. The van der Waals surface area contributed by atoms with E-state index in [1.165, 1.54) is 50.5 Å². The molecule has 0 radical (unpaired) electrons. The number of allylic oxidation sites excluding steroid dienone is 4. The number of hydrogen-bond donors (Lipinski definition) is 0. The predicted molar refractivity (Wildman–Crippen MR) is 196 cm³/mol. The molecule has 0 saturated carbocycles. The third-order valence-electron chi connectivity index (χ3n) is 10.4.